The van der Waals surface area contributed by atoms with Crippen LogP contribution in [0.2, 0.25) is 0 Å². The third kappa shape index (κ3) is 3.01. The Labute approximate surface area is 184 Å². The predicted molar refractivity (Wildman–Crippen MR) is 119 cm³/mol. The number of hydrogen-bond acceptors (Lipinski definition) is 3. The fourth-order valence-electron chi connectivity index (χ4n) is 7.75. The van der Waals surface area contributed by atoms with E-state index in [9.17, 15) is 19.8 Å². The van der Waals surface area contributed by atoms with Crippen molar-refractivity contribution in [1.82, 2.24) is 0 Å². The third-order valence-electron chi connectivity index (χ3n) is 9.51. The highest BCUT2D eigenvalue weighted by Crippen LogP contribution is 2.66. The number of rotatable bonds is 3. The molecule has 0 aromatic heterocycles. The van der Waals surface area contributed by atoms with Gasteiger partial charge in [-0.1, -0.05) is 19.9 Å². The topological polar surface area (TPSA) is 74.6 Å². The number of phenolic OH excluding ortho intramolecular Hbond substituents is 1. The number of Topliss-reactive ketones (excluding diaryl/α,β-unsaturated/α-hetero) is 1. The number of benzene rings is 1. The first kappa shape index (κ1) is 20.5. The number of carbonyl (C=O) groups excluding carboxylic acids is 1. The van der Waals surface area contributed by atoms with Crippen LogP contribution in [0.15, 0.2) is 47.6 Å². The van der Waals surface area contributed by atoms with Crippen LogP contribution in [-0.4, -0.2) is 22.0 Å². The maximum atomic E-state index is 13.4. The van der Waals surface area contributed by atoms with Gasteiger partial charge in [-0.05, 0) is 109 Å². The highest BCUT2D eigenvalue weighted by atomic mass is 16.4. The Hall–Kier alpha value is -2.36. The lowest BCUT2D eigenvalue weighted by molar-refractivity contribution is -0.133. The molecule has 0 saturated heterocycles. The van der Waals surface area contributed by atoms with Crippen molar-refractivity contribution in [2.75, 3.05) is 0 Å². The second kappa shape index (κ2) is 7.08. The molecule has 0 heterocycles. The van der Waals surface area contributed by atoms with Crippen molar-refractivity contribution in [3.05, 3.63) is 53.1 Å². The Balaban J connectivity index is 1.43. The Morgan fingerprint density at radius 1 is 1.00 bits per heavy atom. The minimum Gasteiger partial charge on any atom is -0.508 e. The molecule has 0 radical (unpaired) electrons. The number of ketones is 1. The van der Waals surface area contributed by atoms with Gasteiger partial charge in [-0.3, -0.25) is 4.79 Å². The largest absolute Gasteiger partial charge is 0.508 e. The molecule has 1 aromatic carbocycles. The summed E-state index contributed by atoms with van der Waals surface area (Å²) in [4.78, 5) is 24.9. The van der Waals surface area contributed by atoms with E-state index in [-0.39, 0.29) is 28.3 Å². The summed E-state index contributed by atoms with van der Waals surface area (Å²) in [5.41, 5.74) is 2.57. The van der Waals surface area contributed by atoms with Crippen molar-refractivity contribution in [3.63, 3.8) is 0 Å². The summed E-state index contributed by atoms with van der Waals surface area (Å²) < 4.78 is 0. The maximum Gasteiger partial charge on any atom is 0.331 e. The minimum atomic E-state index is -0.785. The van der Waals surface area contributed by atoms with Crippen LogP contribution in [0.3, 0.4) is 0 Å². The number of allylic oxidation sites excluding steroid dienone is 3. The normalized spacial score (nSPS) is 38.9. The molecule has 2 saturated carbocycles. The zero-order valence-electron chi connectivity index (χ0n) is 18.4. The molecule has 0 bridgehead atoms. The fraction of sp³-hybridized carbons (Fsp3) is 0.556. The Morgan fingerprint density at radius 2 is 1.74 bits per heavy atom. The molecule has 1 aromatic rings. The average molecular weight is 421 g/mol. The van der Waals surface area contributed by atoms with Crippen LogP contribution in [0.4, 0.5) is 0 Å². The lowest BCUT2D eigenvalue weighted by atomic mass is 9.47. The van der Waals surface area contributed by atoms with E-state index < -0.39 is 5.97 Å². The van der Waals surface area contributed by atoms with Crippen LogP contribution in [0.25, 0.3) is 0 Å². The summed E-state index contributed by atoms with van der Waals surface area (Å²) in [5.74, 6) is 1.37. The number of aromatic hydroxyl groups is 1. The number of phenols is 1. The first-order valence-electron chi connectivity index (χ1n) is 11.7. The van der Waals surface area contributed by atoms with E-state index in [2.05, 4.69) is 19.9 Å². The number of hydrogen-bond donors (Lipinski definition) is 2. The summed E-state index contributed by atoms with van der Waals surface area (Å²) in [6.45, 7) is 4.69. The number of carboxylic acids is 1. The SMILES string of the molecule is C[C@@]12CC[C@H]3[C@H](CC=C4C=C(C(=O)O)CC[C@]43C)[C@@H]1CC[C@@H]2C(=O)c1ccc(O)cc1. The molecule has 4 heteroatoms. The molecular formula is C27H32O4. The minimum absolute atomic E-state index is 0.0224. The van der Waals surface area contributed by atoms with E-state index >= 15 is 0 Å². The number of fused-ring (bicyclic) bond motifs is 5. The molecule has 164 valence electrons. The quantitative estimate of drug-likeness (QED) is 0.608. The van der Waals surface area contributed by atoms with Gasteiger partial charge >= 0.3 is 5.97 Å². The van der Waals surface area contributed by atoms with Crippen molar-refractivity contribution in [3.8, 4) is 5.75 Å². The summed E-state index contributed by atoms with van der Waals surface area (Å²) in [6, 6.07) is 6.72. The van der Waals surface area contributed by atoms with Crippen LogP contribution in [0.1, 0.15) is 69.2 Å². The van der Waals surface area contributed by atoms with E-state index in [1.807, 2.05) is 6.08 Å². The van der Waals surface area contributed by atoms with E-state index in [4.69, 9.17) is 0 Å². The third-order valence-corrected chi connectivity index (χ3v) is 9.51. The molecule has 5 rings (SSSR count). The Morgan fingerprint density at radius 3 is 2.45 bits per heavy atom. The highest BCUT2D eigenvalue weighted by molar-refractivity contribution is 5.98. The maximum absolute atomic E-state index is 13.4. The van der Waals surface area contributed by atoms with Gasteiger partial charge < -0.3 is 10.2 Å². The molecule has 4 aliphatic rings. The molecule has 0 unspecified atom stereocenters. The van der Waals surface area contributed by atoms with Gasteiger partial charge in [0, 0.05) is 17.1 Å². The van der Waals surface area contributed by atoms with Gasteiger partial charge in [0.15, 0.2) is 5.78 Å². The van der Waals surface area contributed by atoms with Crippen molar-refractivity contribution in [2.45, 2.75) is 58.8 Å². The Kier molecular flexibility index (Phi) is 4.69. The smallest absolute Gasteiger partial charge is 0.331 e. The Bertz CT molecular complexity index is 987. The summed E-state index contributed by atoms with van der Waals surface area (Å²) in [6.07, 6.45) is 11.0. The van der Waals surface area contributed by atoms with Gasteiger partial charge in [0.25, 0.3) is 0 Å². The van der Waals surface area contributed by atoms with Crippen LogP contribution in [-0.2, 0) is 4.79 Å². The van der Waals surface area contributed by atoms with E-state index in [0.29, 0.717) is 35.3 Å². The lowest BCUT2D eigenvalue weighted by Gasteiger charge is -2.57. The molecule has 4 aliphatic carbocycles. The van der Waals surface area contributed by atoms with Crippen LogP contribution in [0.5, 0.6) is 5.75 Å². The van der Waals surface area contributed by atoms with Crippen molar-refractivity contribution < 1.29 is 19.8 Å². The number of aliphatic carboxylic acids is 1. The summed E-state index contributed by atoms with van der Waals surface area (Å²) in [7, 11) is 0. The fourth-order valence-corrected chi connectivity index (χ4v) is 7.75. The molecule has 0 aliphatic heterocycles. The van der Waals surface area contributed by atoms with Gasteiger partial charge in [-0.15, -0.1) is 0 Å². The molecular weight excluding hydrogens is 388 g/mol. The van der Waals surface area contributed by atoms with E-state index in [1.165, 1.54) is 5.57 Å². The van der Waals surface area contributed by atoms with Crippen molar-refractivity contribution in [1.29, 1.82) is 0 Å². The summed E-state index contributed by atoms with van der Waals surface area (Å²) in [5, 5.41) is 19.0. The van der Waals surface area contributed by atoms with Gasteiger partial charge in [-0.2, -0.15) is 0 Å². The molecule has 6 atom stereocenters. The monoisotopic (exact) mass is 420 g/mol. The lowest BCUT2D eigenvalue weighted by Crippen LogP contribution is -2.50. The zero-order valence-corrected chi connectivity index (χ0v) is 18.4. The van der Waals surface area contributed by atoms with Crippen molar-refractivity contribution >= 4 is 11.8 Å². The van der Waals surface area contributed by atoms with E-state index in [0.717, 1.165) is 38.5 Å². The highest BCUT2D eigenvalue weighted by Gasteiger charge is 2.59. The zero-order chi connectivity index (χ0) is 22.0. The van der Waals surface area contributed by atoms with Gasteiger partial charge in [-0.25, -0.2) is 4.79 Å². The molecule has 2 fully saturated rings. The van der Waals surface area contributed by atoms with Gasteiger partial charge in [0.05, 0.1) is 0 Å². The molecule has 4 nitrogen and oxygen atoms in total. The van der Waals surface area contributed by atoms with Crippen molar-refractivity contribution in [2.24, 2.45) is 34.5 Å². The van der Waals surface area contributed by atoms with Crippen LogP contribution < -0.4 is 0 Å². The second-order valence-corrected chi connectivity index (χ2v) is 10.7. The van der Waals surface area contributed by atoms with Gasteiger partial charge in [0.2, 0.25) is 0 Å². The summed E-state index contributed by atoms with van der Waals surface area (Å²) >= 11 is 0. The van der Waals surface area contributed by atoms with Crippen LogP contribution >= 0.6 is 0 Å². The number of carbonyl (C=O) groups is 2. The predicted octanol–water partition coefficient (Wildman–Crippen LogP) is 5.77. The first-order valence-corrected chi connectivity index (χ1v) is 11.7. The molecule has 31 heavy (non-hydrogen) atoms. The second-order valence-electron chi connectivity index (χ2n) is 10.7. The molecule has 0 amide bonds. The molecule has 0 spiro atoms. The number of carboxylic acid groups (broad SMARTS) is 1. The van der Waals surface area contributed by atoms with Crippen LogP contribution in [0, 0.1) is 34.5 Å². The average Bonchev–Trinajstić information content (AvgIpc) is 3.10. The first-order chi connectivity index (χ1) is 14.7. The van der Waals surface area contributed by atoms with Gasteiger partial charge in [0.1, 0.15) is 5.75 Å². The molecule has 2 N–H and O–H groups in total. The standard InChI is InChI=1S/C27H32O4/c1-26-13-11-17(25(30)31)15-18(26)5-8-20-21-9-10-23(27(21,2)14-12-22(20)26)24(29)16-3-6-19(28)7-4-16/h3-7,15,20-23,28H,8-14H2,1-2H3,(H,30,31)/t20-,21+,22+,23-,26-,27-/m1/s1. The van der Waals surface area contributed by atoms with E-state index in [1.54, 1.807) is 24.3 Å².